The first-order chi connectivity index (χ1) is 8.82. The van der Waals surface area contributed by atoms with Crippen LogP contribution in [-0.4, -0.2) is 36.3 Å². The van der Waals surface area contributed by atoms with Crippen molar-refractivity contribution in [1.29, 1.82) is 0 Å². The zero-order chi connectivity index (χ0) is 14.9. The smallest absolute Gasteiger partial charge is 0.191 e. The zero-order valence-corrected chi connectivity index (χ0v) is 13.6. The van der Waals surface area contributed by atoms with Gasteiger partial charge in [0.25, 0.3) is 0 Å². The molecule has 0 aliphatic heterocycles. The van der Waals surface area contributed by atoms with E-state index in [1.165, 1.54) is 0 Å². The average Bonchev–Trinajstić information content (AvgIpc) is 2.33. The van der Waals surface area contributed by atoms with Gasteiger partial charge in [-0.25, -0.2) is 0 Å². The lowest BCUT2D eigenvalue weighted by Gasteiger charge is -2.30. The van der Waals surface area contributed by atoms with Crippen LogP contribution in [0.25, 0.3) is 0 Å². The quantitative estimate of drug-likeness (QED) is 0.492. The number of nitrogens with zero attached hydrogens (tertiary/aromatic N) is 1. The molecule has 0 aromatic rings. The summed E-state index contributed by atoms with van der Waals surface area (Å²) in [6, 6.07) is 0. The van der Waals surface area contributed by atoms with Gasteiger partial charge in [-0.1, -0.05) is 13.8 Å². The highest BCUT2D eigenvalue weighted by molar-refractivity contribution is 5.80. The third-order valence-electron chi connectivity index (χ3n) is 3.55. The summed E-state index contributed by atoms with van der Waals surface area (Å²) < 4.78 is 0. The summed E-state index contributed by atoms with van der Waals surface area (Å²) in [6.07, 6.45) is 2.91. The fraction of sp³-hybridized carbons (Fsp3) is 0.933. The molecule has 0 spiro atoms. The van der Waals surface area contributed by atoms with Crippen molar-refractivity contribution in [2.45, 2.75) is 66.3 Å². The van der Waals surface area contributed by atoms with E-state index in [0.717, 1.165) is 38.3 Å². The van der Waals surface area contributed by atoms with Crippen molar-refractivity contribution in [3.8, 4) is 0 Å². The highest BCUT2D eigenvalue weighted by Gasteiger charge is 2.25. The summed E-state index contributed by atoms with van der Waals surface area (Å²) in [7, 11) is 0. The van der Waals surface area contributed by atoms with Crippen LogP contribution in [0.3, 0.4) is 0 Å². The lowest BCUT2D eigenvalue weighted by atomic mass is 9.79. The maximum absolute atomic E-state index is 9.24. The van der Waals surface area contributed by atoms with E-state index in [0.29, 0.717) is 0 Å². The lowest BCUT2D eigenvalue weighted by molar-refractivity contribution is 0.175. The third kappa shape index (κ3) is 7.41. The van der Waals surface area contributed by atoms with Crippen LogP contribution in [0.4, 0.5) is 0 Å². The third-order valence-corrected chi connectivity index (χ3v) is 3.55. The standard InChI is InChI=1S/C15H33N3O/c1-7-15(8-2,10-11-19)12-17-13(16-9-3)18-14(4,5)6/h19H,7-12H2,1-6H3,(H2,16,17,18). The number of hydrogen-bond donors (Lipinski definition) is 3. The van der Waals surface area contributed by atoms with Gasteiger partial charge in [0.1, 0.15) is 0 Å². The van der Waals surface area contributed by atoms with Gasteiger partial charge < -0.3 is 15.7 Å². The Morgan fingerprint density at radius 3 is 2.05 bits per heavy atom. The summed E-state index contributed by atoms with van der Waals surface area (Å²) >= 11 is 0. The van der Waals surface area contributed by atoms with Crippen LogP contribution in [0.15, 0.2) is 4.99 Å². The van der Waals surface area contributed by atoms with Crippen molar-refractivity contribution in [3.05, 3.63) is 0 Å². The summed E-state index contributed by atoms with van der Waals surface area (Å²) in [4.78, 5) is 4.71. The van der Waals surface area contributed by atoms with Gasteiger partial charge in [0, 0.05) is 25.2 Å². The van der Waals surface area contributed by atoms with E-state index in [4.69, 9.17) is 4.99 Å². The molecule has 0 bridgehead atoms. The lowest BCUT2D eigenvalue weighted by Crippen LogP contribution is -2.48. The molecule has 0 saturated heterocycles. The first-order valence-electron chi connectivity index (χ1n) is 7.50. The normalized spacial score (nSPS) is 13.5. The van der Waals surface area contributed by atoms with E-state index in [9.17, 15) is 5.11 Å². The molecule has 19 heavy (non-hydrogen) atoms. The summed E-state index contributed by atoms with van der Waals surface area (Å²) in [5.74, 6) is 0.860. The van der Waals surface area contributed by atoms with E-state index in [2.05, 4.69) is 52.2 Å². The van der Waals surface area contributed by atoms with Crippen LogP contribution >= 0.6 is 0 Å². The predicted molar refractivity (Wildman–Crippen MR) is 83.6 cm³/mol. The summed E-state index contributed by atoms with van der Waals surface area (Å²) in [5.41, 5.74) is 0.119. The van der Waals surface area contributed by atoms with Crippen molar-refractivity contribution in [3.63, 3.8) is 0 Å². The molecule has 0 saturated carbocycles. The van der Waals surface area contributed by atoms with Crippen LogP contribution in [0.5, 0.6) is 0 Å². The van der Waals surface area contributed by atoms with Gasteiger partial charge in [0.15, 0.2) is 5.96 Å². The Bertz CT molecular complexity index is 265. The minimum atomic E-state index is -0.000921. The van der Waals surface area contributed by atoms with Crippen LogP contribution in [0.2, 0.25) is 0 Å². The minimum Gasteiger partial charge on any atom is -0.396 e. The molecule has 0 rings (SSSR count). The Balaban J connectivity index is 4.82. The molecule has 114 valence electrons. The second-order valence-corrected chi connectivity index (χ2v) is 6.25. The number of aliphatic hydroxyl groups excluding tert-OH is 1. The van der Waals surface area contributed by atoms with Crippen LogP contribution in [0.1, 0.15) is 60.8 Å². The zero-order valence-electron chi connectivity index (χ0n) is 13.6. The Morgan fingerprint density at radius 1 is 1.11 bits per heavy atom. The van der Waals surface area contributed by atoms with Gasteiger partial charge >= 0.3 is 0 Å². The predicted octanol–water partition coefficient (Wildman–Crippen LogP) is 2.53. The van der Waals surface area contributed by atoms with Crippen molar-refractivity contribution >= 4 is 5.96 Å². The maximum Gasteiger partial charge on any atom is 0.191 e. The molecule has 0 unspecified atom stereocenters. The van der Waals surface area contributed by atoms with Gasteiger partial charge in [-0.15, -0.1) is 0 Å². The highest BCUT2D eigenvalue weighted by Crippen LogP contribution is 2.30. The van der Waals surface area contributed by atoms with Gasteiger partial charge in [0.05, 0.1) is 0 Å². The largest absolute Gasteiger partial charge is 0.396 e. The molecule has 0 aromatic heterocycles. The monoisotopic (exact) mass is 271 g/mol. The van der Waals surface area contributed by atoms with Crippen LogP contribution < -0.4 is 10.6 Å². The molecule has 0 aromatic carbocycles. The molecule has 0 aliphatic rings. The molecule has 4 nitrogen and oxygen atoms in total. The van der Waals surface area contributed by atoms with Crippen LogP contribution in [-0.2, 0) is 0 Å². The van der Waals surface area contributed by atoms with Crippen molar-refractivity contribution in [1.82, 2.24) is 10.6 Å². The Kier molecular flexibility index (Phi) is 8.07. The van der Waals surface area contributed by atoms with Crippen molar-refractivity contribution in [2.75, 3.05) is 19.7 Å². The minimum absolute atomic E-state index is 0.000921. The van der Waals surface area contributed by atoms with E-state index in [1.54, 1.807) is 0 Å². The number of nitrogens with one attached hydrogen (secondary N) is 2. The molecule has 0 fully saturated rings. The fourth-order valence-corrected chi connectivity index (χ4v) is 2.05. The number of hydrogen-bond acceptors (Lipinski definition) is 2. The van der Waals surface area contributed by atoms with Gasteiger partial charge in [-0.2, -0.15) is 0 Å². The van der Waals surface area contributed by atoms with Crippen LogP contribution in [0, 0.1) is 5.41 Å². The molecule has 4 heteroatoms. The SMILES string of the molecule is CCNC(=NCC(CC)(CC)CCO)NC(C)(C)C. The summed E-state index contributed by atoms with van der Waals surface area (Å²) in [5, 5.41) is 15.9. The van der Waals surface area contributed by atoms with Gasteiger partial charge in [-0.05, 0) is 52.4 Å². The van der Waals surface area contributed by atoms with Crippen molar-refractivity contribution in [2.24, 2.45) is 10.4 Å². The van der Waals surface area contributed by atoms with Gasteiger partial charge in [0.2, 0.25) is 0 Å². The average molecular weight is 271 g/mol. The fourth-order valence-electron chi connectivity index (χ4n) is 2.05. The Hall–Kier alpha value is -0.770. The Morgan fingerprint density at radius 2 is 1.68 bits per heavy atom. The molecule has 3 N–H and O–H groups in total. The van der Waals surface area contributed by atoms with E-state index in [1.807, 2.05) is 0 Å². The van der Waals surface area contributed by atoms with E-state index < -0.39 is 0 Å². The molecule has 0 heterocycles. The first kappa shape index (κ1) is 18.2. The van der Waals surface area contributed by atoms with Crippen molar-refractivity contribution < 1.29 is 5.11 Å². The molecular formula is C15H33N3O. The number of aliphatic hydroxyl groups is 1. The highest BCUT2D eigenvalue weighted by atomic mass is 16.3. The topological polar surface area (TPSA) is 56.7 Å². The first-order valence-corrected chi connectivity index (χ1v) is 7.50. The Labute approximate surface area is 119 Å². The van der Waals surface area contributed by atoms with E-state index >= 15 is 0 Å². The maximum atomic E-state index is 9.24. The molecule has 0 aliphatic carbocycles. The molecule has 0 radical (unpaired) electrons. The molecule has 0 atom stereocenters. The van der Waals surface area contributed by atoms with Gasteiger partial charge in [-0.3, -0.25) is 4.99 Å². The molecular weight excluding hydrogens is 238 g/mol. The second kappa shape index (κ2) is 8.41. The second-order valence-electron chi connectivity index (χ2n) is 6.25. The number of rotatable bonds is 7. The molecule has 0 amide bonds. The van der Waals surface area contributed by atoms with E-state index in [-0.39, 0.29) is 17.6 Å². The summed E-state index contributed by atoms with van der Waals surface area (Å²) in [6.45, 7) is 14.7. The number of aliphatic imine (C=N–C) groups is 1. The number of guanidine groups is 1.